The van der Waals surface area contributed by atoms with Crippen molar-refractivity contribution < 1.29 is 4.79 Å². The molecule has 1 heterocycles. The highest BCUT2D eigenvalue weighted by atomic mass is 79.9. The van der Waals surface area contributed by atoms with Gasteiger partial charge in [-0.1, -0.05) is 0 Å². The molecule has 2 rings (SSSR count). The topological polar surface area (TPSA) is 44.1 Å². The summed E-state index contributed by atoms with van der Waals surface area (Å²) in [6, 6.07) is 5.66. The Labute approximate surface area is 90.1 Å². The molecule has 1 aromatic rings. The molecule has 0 N–H and O–H groups in total. The van der Waals surface area contributed by atoms with Crippen LogP contribution in [-0.4, -0.2) is 13.0 Å². The van der Waals surface area contributed by atoms with E-state index in [2.05, 4.69) is 22.0 Å². The van der Waals surface area contributed by atoms with Crippen LogP contribution in [0.15, 0.2) is 16.6 Å². The monoisotopic (exact) mass is 250 g/mol. The van der Waals surface area contributed by atoms with E-state index in [0.29, 0.717) is 12.0 Å². The maximum atomic E-state index is 11.4. The molecule has 3 nitrogen and oxygen atoms in total. The second-order valence-electron chi connectivity index (χ2n) is 3.20. The molecule has 0 fully saturated rings. The highest BCUT2D eigenvalue weighted by molar-refractivity contribution is 9.10. The summed E-state index contributed by atoms with van der Waals surface area (Å²) in [4.78, 5) is 13.0. The van der Waals surface area contributed by atoms with Crippen molar-refractivity contribution >= 4 is 27.5 Å². The molecular weight excluding hydrogens is 244 g/mol. The zero-order valence-corrected chi connectivity index (χ0v) is 9.13. The average Bonchev–Trinajstić information content (AvgIpc) is 2.41. The molecule has 1 amide bonds. The first-order chi connectivity index (χ1) is 6.63. The first kappa shape index (κ1) is 9.22. The number of hydrogen-bond acceptors (Lipinski definition) is 2. The normalized spacial score (nSPS) is 14.1. The van der Waals surface area contributed by atoms with Crippen LogP contribution in [0.25, 0.3) is 0 Å². The van der Waals surface area contributed by atoms with Gasteiger partial charge < -0.3 is 4.90 Å². The van der Waals surface area contributed by atoms with Crippen molar-refractivity contribution in [3.05, 3.63) is 27.7 Å². The maximum Gasteiger partial charge on any atom is 0.231 e. The minimum Gasteiger partial charge on any atom is -0.315 e. The van der Waals surface area contributed by atoms with Crippen LogP contribution in [0, 0.1) is 11.3 Å². The summed E-state index contributed by atoms with van der Waals surface area (Å²) in [6.07, 6.45) is 0.427. The Hall–Kier alpha value is -1.34. The minimum atomic E-state index is 0.0713. The summed E-state index contributed by atoms with van der Waals surface area (Å²) >= 11 is 3.30. The molecule has 0 saturated heterocycles. The molecule has 1 aliphatic rings. The highest BCUT2D eigenvalue weighted by Gasteiger charge is 2.24. The fraction of sp³-hybridized carbons (Fsp3) is 0.200. The molecule has 4 heteroatoms. The largest absolute Gasteiger partial charge is 0.315 e. The van der Waals surface area contributed by atoms with E-state index in [0.717, 1.165) is 15.7 Å². The van der Waals surface area contributed by atoms with Crippen molar-refractivity contribution in [2.75, 3.05) is 11.9 Å². The summed E-state index contributed by atoms with van der Waals surface area (Å²) in [5.41, 5.74) is 2.38. The number of amides is 1. The Morgan fingerprint density at radius 1 is 1.57 bits per heavy atom. The van der Waals surface area contributed by atoms with E-state index in [1.807, 2.05) is 6.07 Å². The number of hydrogen-bond donors (Lipinski definition) is 0. The lowest BCUT2D eigenvalue weighted by molar-refractivity contribution is -0.117. The maximum absolute atomic E-state index is 11.4. The fourth-order valence-corrected chi connectivity index (χ4v) is 2.04. The van der Waals surface area contributed by atoms with E-state index in [4.69, 9.17) is 5.26 Å². The Balaban J connectivity index is 2.62. The zero-order valence-electron chi connectivity index (χ0n) is 7.54. The molecule has 0 spiro atoms. The van der Waals surface area contributed by atoms with Crippen LogP contribution < -0.4 is 4.90 Å². The third-order valence-electron chi connectivity index (χ3n) is 2.37. The van der Waals surface area contributed by atoms with E-state index in [9.17, 15) is 4.79 Å². The van der Waals surface area contributed by atoms with E-state index < -0.39 is 0 Å². The van der Waals surface area contributed by atoms with E-state index in [1.165, 1.54) is 0 Å². The second-order valence-corrected chi connectivity index (χ2v) is 4.06. The number of rotatable bonds is 0. The summed E-state index contributed by atoms with van der Waals surface area (Å²) in [5, 5.41) is 8.82. The summed E-state index contributed by atoms with van der Waals surface area (Å²) in [5.74, 6) is 0.0713. The smallest absolute Gasteiger partial charge is 0.231 e. The van der Waals surface area contributed by atoms with Crippen molar-refractivity contribution in [1.29, 1.82) is 5.26 Å². The van der Waals surface area contributed by atoms with E-state index in [-0.39, 0.29) is 5.91 Å². The van der Waals surface area contributed by atoms with Gasteiger partial charge in [-0.3, -0.25) is 4.79 Å². The van der Waals surface area contributed by atoms with Gasteiger partial charge in [0.15, 0.2) is 0 Å². The SMILES string of the molecule is CN1C(=O)Cc2cc(Br)c(C#N)cc21. The van der Waals surface area contributed by atoms with Crippen molar-refractivity contribution in [1.82, 2.24) is 0 Å². The number of nitriles is 1. The third-order valence-corrected chi connectivity index (χ3v) is 3.02. The van der Waals surface area contributed by atoms with Gasteiger partial charge in [0, 0.05) is 17.2 Å². The molecule has 0 aliphatic carbocycles. The van der Waals surface area contributed by atoms with Gasteiger partial charge in [0.2, 0.25) is 5.91 Å². The molecule has 1 aliphatic heterocycles. The number of anilines is 1. The van der Waals surface area contributed by atoms with Gasteiger partial charge in [0.25, 0.3) is 0 Å². The van der Waals surface area contributed by atoms with Gasteiger partial charge in [-0.2, -0.15) is 5.26 Å². The Bertz CT molecular complexity index is 462. The number of halogens is 1. The first-order valence-corrected chi connectivity index (χ1v) is 4.92. The van der Waals surface area contributed by atoms with Gasteiger partial charge >= 0.3 is 0 Å². The quantitative estimate of drug-likeness (QED) is 0.706. The number of benzene rings is 1. The lowest BCUT2D eigenvalue weighted by Gasteiger charge is -2.10. The summed E-state index contributed by atoms with van der Waals surface area (Å²) in [6.45, 7) is 0. The molecule has 14 heavy (non-hydrogen) atoms. The summed E-state index contributed by atoms with van der Waals surface area (Å²) < 4.78 is 0.752. The molecule has 0 saturated carbocycles. The van der Waals surface area contributed by atoms with Crippen LogP contribution in [0.4, 0.5) is 5.69 Å². The average molecular weight is 251 g/mol. The van der Waals surface area contributed by atoms with E-state index >= 15 is 0 Å². The molecule has 0 radical (unpaired) electrons. The third kappa shape index (κ3) is 1.21. The number of nitrogens with zero attached hydrogens (tertiary/aromatic N) is 2. The van der Waals surface area contributed by atoms with Crippen LogP contribution in [0.3, 0.4) is 0 Å². The fourth-order valence-electron chi connectivity index (χ4n) is 1.56. The Morgan fingerprint density at radius 2 is 2.29 bits per heavy atom. The molecular formula is C10H7BrN2O. The van der Waals surface area contributed by atoms with Crippen LogP contribution in [0.5, 0.6) is 0 Å². The van der Waals surface area contributed by atoms with Crippen molar-refractivity contribution in [3.8, 4) is 6.07 Å². The summed E-state index contributed by atoms with van der Waals surface area (Å²) in [7, 11) is 1.73. The van der Waals surface area contributed by atoms with Crippen LogP contribution >= 0.6 is 15.9 Å². The van der Waals surface area contributed by atoms with Gasteiger partial charge in [0.1, 0.15) is 6.07 Å². The molecule has 0 bridgehead atoms. The molecule has 0 aromatic heterocycles. The number of fused-ring (bicyclic) bond motifs is 1. The lowest BCUT2D eigenvalue weighted by Crippen LogP contribution is -2.20. The second kappa shape index (κ2) is 3.10. The zero-order chi connectivity index (χ0) is 10.3. The van der Waals surface area contributed by atoms with Crippen molar-refractivity contribution in [3.63, 3.8) is 0 Å². The van der Waals surface area contributed by atoms with Gasteiger partial charge in [-0.15, -0.1) is 0 Å². The number of likely N-dealkylation sites (N-methyl/N-ethyl adjacent to an activating group) is 1. The van der Waals surface area contributed by atoms with Crippen LogP contribution in [0.2, 0.25) is 0 Å². The molecule has 0 atom stereocenters. The lowest BCUT2D eigenvalue weighted by atomic mass is 10.1. The first-order valence-electron chi connectivity index (χ1n) is 4.12. The van der Waals surface area contributed by atoms with E-state index in [1.54, 1.807) is 18.0 Å². The number of carbonyl (C=O) groups excluding carboxylic acids is 1. The predicted octanol–water partition coefficient (Wildman–Crippen LogP) is 1.84. The minimum absolute atomic E-state index is 0.0713. The highest BCUT2D eigenvalue weighted by Crippen LogP contribution is 2.32. The van der Waals surface area contributed by atoms with Crippen LogP contribution in [0.1, 0.15) is 11.1 Å². The van der Waals surface area contributed by atoms with Gasteiger partial charge in [-0.25, -0.2) is 0 Å². The number of carbonyl (C=O) groups is 1. The van der Waals surface area contributed by atoms with Crippen molar-refractivity contribution in [2.24, 2.45) is 0 Å². The predicted molar refractivity (Wildman–Crippen MR) is 56.0 cm³/mol. The standard InChI is InChI=1S/C10H7BrN2O/c1-13-9-3-7(5-12)8(11)2-6(9)4-10(13)14/h2-3H,4H2,1H3. The molecule has 70 valence electrons. The Kier molecular flexibility index (Phi) is 2.05. The van der Waals surface area contributed by atoms with Gasteiger partial charge in [0.05, 0.1) is 12.0 Å². The molecule has 0 unspecified atom stereocenters. The van der Waals surface area contributed by atoms with Crippen LogP contribution in [-0.2, 0) is 11.2 Å². The van der Waals surface area contributed by atoms with Gasteiger partial charge in [-0.05, 0) is 33.6 Å². The van der Waals surface area contributed by atoms with Crippen molar-refractivity contribution in [2.45, 2.75) is 6.42 Å². The Morgan fingerprint density at radius 3 is 2.93 bits per heavy atom. The molecule has 1 aromatic carbocycles.